The molecular formula is C21H19ClFN3O. The van der Waals surface area contributed by atoms with Gasteiger partial charge in [-0.1, -0.05) is 41.9 Å². The van der Waals surface area contributed by atoms with Crippen LogP contribution in [0.5, 0.6) is 0 Å². The second-order valence-corrected chi connectivity index (χ2v) is 6.48. The van der Waals surface area contributed by atoms with E-state index in [1.807, 2.05) is 24.3 Å². The third-order valence-electron chi connectivity index (χ3n) is 4.05. The van der Waals surface area contributed by atoms with Gasteiger partial charge in [0.25, 0.3) is 5.91 Å². The maximum Gasteiger partial charge on any atom is 0.252 e. The van der Waals surface area contributed by atoms with E-state index in [1.54, 1.807) is 30.5 Å². The summed E-state index contributed by atoms with van der Waals surface area (Å²) in [7, 11) is 0. The number of nitrogens with zero attached hydrogens (tertiary/aromatic N) is 1. The van der Waals surface area contributed by atoms with Crippen LogP contribution in [0.2, 0.25) is 5.02 Å². The predicted molar refractivity (Wildman–Crippen MR) is 105 cm³/mol. The number of hydrogen-bond acceptors (Lipinski definition) is 3. The van der Waals surface area contributed by atoms with Crippen molar-refractivity contribution in [2.24, 2.45) is 0 Å². The molecule has 27 heavy (non-hydrogen) atoms. The van der Waals surface area contributed by atoms with Gasteiger partial charge in [-0.05, 0) is 36.2 Å². The van der Waals surface area contributed by atoms with Crippen LogP contribution in [0.15, 0.2) is 67.0 Å². The maximum absolute atomic E-state index is 13.7. The highest BCUT2D eigenvalue weighted by atomic mass is 35.5. The van der Waals surface area contributed by atoms with Crippen LogP contribution in [0.4, 0.5) is 10.1 Å². The Labute approximate surface area is 162 Å². The number of halogens is 2. The van der Waals surface area contributed by atoms with Gasteiger partial charge >= 0.3 is 0 Å². The van der Waals surface area contributed by atoms with Crippen molar-refractivity contribution in [1.82, 2.24) is 10.3 Å². The van der Waals surface area contributed by atoms with Crippen molar-refractivity contribution in [3.05, 3.63) is 94.5 Å². The first kappa shape index (κ1) is 18.9. The van der Waals surface area contributed by atoms with E-state index < -0.39 is 0 Å². The molecule has 0 aliphatic rings. The molecule has 0 aliphatic carbocycles. The second-order valence-electron chi connectivity index (χ2n) is 6.04. The predicted octanol–water partition coefficient (Wildman–Crippen LogP) is 4.46. The van der Waals surface area contributed by atoms with Crippen LogP contribution in [0.25, 0.3) is 0 Å². The molecule has 1 aromatic heterocycles. The Kier molecular flexibility index (Phi) is 6.39. The molecule has 0 saturated heterocycles. The number of carbonyl (C=O) groups is 1. The third kappa shape index (κ3) is 5.53. The smallest absolute Gasteiger partial charge is 0.252 e. The number of aromatic nitrogens is 1. The second kappa shape index (κ2) is 9.14. The maximum atomic E-state index is 13.7. The largest absolute Gasteiger partial charge is 0.380 e. The van der Waals surface area contributed by atoms with Crippen LogP contribution in [0, 0.1) is 5.82 Å². The van der Waals surface area contributed by atoms with Crippen LogP contribution >= 0.6 is 11.6 Å². The van der Waals surface area contributed by atoms with Gasteiger partial charge in [0.05, 0.1) is 11.3 Å². The van der Waals surface area contributed by atoms with Crippen molar-refractivity contribution in [2.45, 2.75) is 13.0 Å². The van der Waals surface area contributed by atoms with E-state index in [0.717, 1.165) is 5.56 Å². The first-order valence-corrected chi connectivity index (χ1v) is 8.94. The van der Waals surface area contributed by atoms with E-state index >= 15 is 0 Å². The molecule has 0 aliphatic heterocycles. The van der Waals surface area contributed by atoms with Crippen LogP contribution in [0.3, 0.4) is 0 Å². The molecule has 0 saturated carbocycles. The Balaban J connectivity index is 1.53. The average molecular weight is 384 g/mol. The number of nitrogens with one attached hydrogen (secondary N) is 2. The van der Waals surface area contributed by atoms with Gasteiger partial charge in [0.1, 0.15) is 5.82 Å². The average Bonchev–Trinajstić information content (AvgIpc) is 2.69. The molecule has 0 unspecified atom stereocenters. The molecule has 2 aromatic carbocycles. The molecule has 3 aromatic rings. The minimum atomic E-state index is -0.269. The summed E-state index contributed by atoms with van der Waals surface area (Å²) in [6, 6.07) is 15.8. The molecule has 0 atom stereocenters. The summed E-state index contributed by atoms with van der Waals surface area (Å²) in [6.07, 6.45) is 3.82. The molecule has 0 spiro atoms. The number of pyridine rings is 1. The van der Waals surface area contributed by atoms with E-state index in [4.69, 9.17) is 11.6 Å². The van der Waals surface area contributed by atoms with E-state index in [0.29, 0.717) is 41.3 Å². The molecule has 138 valence electrons. The molecule has 0 radical (unpaired) electrons. The zero-order valence-electron chi connectivity index (χ0n) is 14.6. The molecule has 3 rings (SSSR count). The number of anilines is 1. The molecule has 4 nitrogen and oxygen atoms in total. The molecule has 2 N–H and O–H groups in total. The quantitative estimate of drug-likeness (QED) is 0.633. The fourth-order valence-corrected chi connectivity index (χ4v) is 2.70. The van der Waals surface area contributed by atoms with Crippen molar-refractivity contribution in [3.63, 3.8) is 0 Å². The van der Waals surface area contributed by atoms with E-state index in [9.17, 15) is 9.18 Å². The summed E-state index contributed by atoms with van der Waals surface area (Å²) in [6.45, 7) is 0.823. The lowest BCUT2D eigenvalue weighted by atomic mass is 10.1. The number of hydrogen-bond donors (Lipinski definition) is 2. The number of carbonyl (C=O) groups excluding carboxylic acids is 1. The molecule has 0 bridgehead atoms. The summed E-state index contributed by atoms with van der Waals surface area (Å²) in [5.74, 6) is -0.472. The van der Waals surface area contributed by atoms with Crippen molar-refractivity contribution >= 4 is 23.2 Å². The molecule has 1 heterocycles. The van der Waals surface area contributed by atoms with Gasteiger partial charge in [0.2, 0.25) is 0 Å². The van der Waals surface area contributed by atoms with Crippen molar-refractivity contribution in [2.75, 3.05) is 11.9 Å². The standard InChI is InChI=1S/C21H19ClFN3O/c22-18-7-5-15(6-8-18)9-10-25-21(27)17-11-19(14-24-12-17)26-13-16-3-1-2-4-20(16)23/h1-8,11-12,14,26H,9-10,13H2,(H,25,27). The Morgan fingerprint density at radius 3 is 2.63 bits per heavy atom. The Bertz CT molecular complexity index is 915. The lowest BCUT2D eigenvalue weighted by molar-refractivity contribution is 0.0954. The minimum Gasteiger partial charge on any atom is -0.380 e. The summed E-state index contributed by atoms with van der Waals surface area (Å²) in [4.78, 5) is 16.4. The van der Waals surface area contributed by atoms with Gasteiger partial charge in [-0.2, -0.15) is 0 Å². The summed E-state index contributed by atoms with van der Waals surface area (Å²) in [5.41, 5.74) is 2.75. The fraction of sp³-hybridized carbons (Fsp3) is 0.143. The highest BCUT2D eigenvalue weighted by Crippen LogP contribution is 2.13. The summed E-state index contributed by atoms with van der Waals surface area (Å²) in [5, 5.41) is 6.65. The van der Waals surface area contributed by atoms with Crippen LogP contribution in [-0.4, -0.2) is 17.4 Å². The Hall–Kier alpha value is -2.92. The van der Waals surface area contributed by atoms with Gasteiger partial charge < -0.3 is 10.6 Å². The van der Waals surface area contributed by atoms with Crippen LogP contribution in [-0.2, 0) is 13.0 Å². The number of rotatable bonds is 7. The minimum absolute atomic E-state index is 0.203. The van der Waals surface area contributed by atoms with Crippen molar-refractivity contribution < 1.29 is 9.18 Å². The molecule has 0 fully saturated rings. The molecule has 1 amide bonds. The lowest BCUT2D eigenvalue weighted by Crippen LogP contribution is -2.25. The Morgan fingerprint density at radius 2 is 1.85 bits per heavy atom. The van der Waals surface area contributed by atoms with Gasteiger partial charge in [0, 0.05) is 36.1 Å². The first-order chi connectivity index (χ1) is 13.1. The highest BCUT2D eigenvalue weighted by Gasteiger charge is 2.07. The van der Waals surface area contributed by atoms with Gasteiger partial charge in [-0.15, -0.1) is 0 Å². The van der Waals surface area contributed by atoms with Crippen molar-refractivity contribution in [3.8, 4) is 0 Å². The van der Waals surface area contributed by atoms with E-state index in [1.165, 1.54) is 12.3 Å². The topological polar surface area (TPSA) is 54.0 Å². The normalized spacial score (nSPS) is 10.4. The number of amides is 1. The first-order valence-electron chi connectivity index (χ1n) is 8.57. The van der Waals surface area contributed by atoms with E-state index in [2.05, 4.69) is 15.6 Å². The van der Waals surface area contributed by atoms with Crippen LogP contribution < -0.4 is 10.6 Å². The van der Waals surface area contributed by atoms with Gasteiger partial charge in [-0.3, -0.25) is 9.78 Å². The Morgan fingerprint density at radius 1 is 1.07 bits per heavy atom. The monoisotopic (exact) mass is 383 g/mol. The van der Waals surface area contributed by atoms with E-state index in [-0.39, 0.29) is 11.7 Å². The summed E-state index contributed by atoms with van der Waals surface area (Å²) >= 11 is 5.86. The van der Waals surface area contributed by atoms with Gasteiger partial charge in [0.15, 0.2) is 0 Å². The summed E-state index contributed by atoms with van der Waals surface area (Å²) < 4.78 is 13.7. The zero-order valence-corrected chi connectivity index (χ0v) is 15.3. The third-order valence-corrected chi connectivity index (χ3v) is 4.31. The highest BCUT2D eigenvalue weighted by molar-refractivity contribution is 6.30. The fourth-order valence-electron chi connectivity index (χ4n) is 2.57. The zero-order chi connectivity index (χ0) is 19.1. The van der Waals surface area contributed by atoms with Gasteiger partial charge in [-0.25, -0.2) is 4.39 Å². The number of benzene rings is 2. The van der Waals surface area contributed by atoms with Crippen molar-refractivity contribution in [1.29, 1.82) is 0 Å². The SMILES string of the molecule is O=C(NCCc1ccc(Cl)cc1)c1cncc(NCc2ccccc2F)c1. The molecule has 6 heteroatoms. The lowest BCUT2D eigenvalue weighted by Gasteiger charge is -2.09. The molecular weight excluding hydrogens is 365 g/mol. The van der Waals surface area contributed by atoms with Crippen LogP contribution in [0.1, 0.15) is 21.5 Å².